The zero-order valence-electron chi connectivity index (χ0n) is 9.89. The first-order valence-electron chi connectivity index (χ1n) is 5.74. The number of hydrogen-bond donors (Lipinski definition) is 1. The average Bonchev–Trinajstić information content (AvgIpc) is 2.64. The Hall–Kier alpha value is -0.0600. The highest BCUT2D eigenvalue weighted by atomic mass is 79.9. The summed E-state index contributed by atoms with van der Waals surface area (Å²) < 4.78 is 0. The van der Waals surface area contributed by atoms with E-state index in [1.165, 1.54) is 24.2 Å². The topological polar surface area (TPSA) is 29.1 Å². The quantitative estimate of drug-likeness (QED) is 0.579. The van der Waals surface area contributed by atoms with Crippen molar-refractivity contribution >= 4 is 44.8 Å². The smallest absolute Gasteiger partial charge is 0.262 e. The SMILES string of the molecule is Cc1csc(C(=O)NCCCCCCBr)c1Cl. The number of halogens is 2. The lowest BCUT2D eigenvalue weighted by Crippen LogP contribution is -2.23. The van der Waals surface area contributed by atoms with Crippen LogP contribution in [-0.2, 0) is 0 Å². The molecule has 1 N–H and O–H groups in total. The Kier molecular flexibility index (Phi) is 7.16. The van der Waals surface area contributed by atoms with Gasteiger partial charge in [-0.3, -0.25) is 4.79 Å². The van der Waals surface area contributed by atoms with E-state index in [0.717, 1.165) is 30.3 Å². The molecule has 5 heteroatoms. The van der Waals surface area contributed by atoms with Crippen molar-refractivity contribution in [3.8, 4) is 0 Å². The van der Waals surface area contributed by atoms with E-state index in [1.54, 1.807) is 0 Å². The first-order valence-corrected chi connectivity index (χ1v) is 8.12. The number of rotatable bonds is 7. The number of thiophene rings is 1. The Morgan fingerprint density at radius 3 is 2.71 bits per heavy atom. The molecule has 1 heterocycles. The van der Waals surface area contributed by atoms with E-state index in [4.69, 9.17) is 11.6 Å². The molecule has 0 aliphatic heterocycles. The third kappa shape index (κ3) is 4.98. The first-order chi connectivity index (χ1) is 8.16. The van der Waals surface area contributed by atoms with Crippen molar-refractivity contribution in [3.63, 3.8) is 0 Å². The highest BCUT2D eigenvalue weighted by Gasteiger charge is 2.13. The molecule has 1 aromatic heterocycles. The highest BCUT2D eigenvalue weighted by molar-refractivity contribution is 9.09. The lowest BCUT2D eigenvalue weighted by atomic mass is 10.2. The normalized spacial score (nSPS) is 10.5. The number of carbonyl (C=O) groups is 1. The Morgan fingerprint density at radius 1 is 1.41 bits per heavy atom. The van der Waals surface area contributed by atoms with Gasteiger partial charge in [-0.05, 0) is 30.7 Å². The predicted octanol–water partition coefficient (Wildman–Crippen LogP) is 4.40. The van der Waals surface area contributed by atoms with Crippen molar-refractivity contribution < 1.29 is 4.79 Å². The summed E-state index contributed by atoms with van der Waals surface area (Å²) >= 11 is 10.8. The van der Waals surface area contributed by atoms with Crippen LogP contribution in [0, 0.1) is 6.92 Å². The molecule has 0 spiro atoms. The summed E-state index contributed by atoms with van der Waals surface area (Å²) in [4.78, 5) is 12.4. The van der Waals surface area contributed by atoms with Gasteiger partial charge in [0.05, 0.1) is 5.02 Å². The van der Waals surface area contributed by atoms with Crippen LogP contribution in [0.15, 0.2) is 5.38 Å². The lowest BCUT2D eigenvalue weighted by molar-refractivity contribution is 0.0957. The second-order valence-corrected chi connectivity index (χ2v) is 5.97. The summed E-state index contributed by atoms with van der Waals surface area (Å²) in [6.07, 6.45) is 4.59. The molecule has 2 nitrogen and oxygen atoms in total. The van der Waals surface area contributed by atoms with E-state index in [0.29, 0.717) is 9.90 Å². The molecule has 1 aromatic rings. The van der Waals surface area contributed by atoms with Crippen molar-refractivity contribution in [1.29, 1.82) is 0 Å². The van der Waals surface area contributed by atoms with Gasteiger partial charge >= 0.3 is 0 Å². The number of alkyl halides is 1. The number of amides is 1. The molecule has 17 heavy (non-hydrogen) atoms. The van der Waals surface area contributed by atoms with Gasteiger partial charge in [0, 0.05) is 11.9 Å². The van der Waals surface area contributed by atoms with Gasteiger partial charge in [0.2, 0.25) is 0 Å². The second kappa shape index (κ2) is 8.11. The van der Waals surface area contributed by atoms with Crippen molar-refractivity contribution in [3.05, 3.63) is 20.8 Å². The molecule has 1 rings (SSSR count). The predicted molar refractivity (Wildman–Crippen MR) is 78.7 cm³/mol. The number of nitrogens with one attached hydrogen (secondary N) is 1. The fourth-order valence-corrected chi connectivity index (χ4v) is 3.03. The zero-order chi connectivity index (χ0) is 12.7. The molecule has 0 saturated heterocycles. The number of unbranched alkanes of at least 4 members (excludes halogenated alkanes) is 3. The zero-order valence-corrected chi connectivity index (χ0v) is 13.1. The van der Waals surface area contributed by atoms with Crippen LogP contribution in [0.3, 0.4) is 0 Å². The van der Waals surface area contributed by atoms with Gasteiger partial charge in [0.25, 0.3) is 5.91 Å². The molecule has 96 valence electrons. The second-order valence-electron chi connectivity index (χ2n) is 3.92. The molecule has 0 bridgehead atoms. The Bertz CT molecular complexity index is 367. The molecule has 1 amide bonds. The van der Waals surface area contributed by atoms with Crippen LogP contribution in [0.25, 0.3) is 0 Å². The minimum Gasteiger partial charge on any atom is -0.351 e. The van der Waals surface area contributed by atoms with Gasteiger partial charge in [0.15, 0.2) is 0 Å². The molecule has 0 radical (unpaired) electrons. The molecular weight excluding hydrogens is 322 g/mol. The van der Waals surface area contributed by atoms with Gasteiger partial charge < -0.3 is 5.32 Å². The van der Waals surface area contributed by atoms with E-state index in [2.05, 4.69) is 21.2 Å². The van der Waals surface area contributed by atoms with Crippen molar-refractivity contribution in [2.45, 2.75) is 32.6 Å². The van der Waals surface area contributed by atoms with E-state index >= 15 is 0 Å². The summed E-state index contributed by atoms with van der Waals surface area (Å²) in [5.74, 6) is -0.0476. The third-order valence-corrected chi connectivity index (χ3v) is 4.71. The lowest BCUT2D eigenvalue weighted by Gasteiger charge is -2.03. The van der Waals surface area contributed by atoms with Gasteiger partial charge in [-0.15, -0.1) is 11.3 Å². The molecule has 0 saturated carbocycles. The summed E-state index contributed by atoms with van der Waals surface area (Å²) in [7, 11) is 0. The fraction of sp³-hybridized carbons (Fsp3) is 0.583. The molecule has 0 fully saturated rings. The van der Waals surface area contributed by atoms with Crippen molar-refractivity contribution in [1.82, 2.24) is 5.32 Å². The van der Waals surface area contributed by atoms with Crippen molar-refractivity contribution in [2.75, 3.05) is 11.9 Å². The number of hydrogen-bond acceptors (Lipinski definition) is 2. The van der Waals surface area contributed by atoms with Crippen LogP contribution in [0.5, 0.6) is 0 Å². The van der Waals surface area contributed by atoms with Crippen LogP contribution in [0.4, 0.5) is 0 Å². The monoisotopic (exact) mass is 337 g/mol. The van der Waals surface area contributed by atoms with E-state index in [1.807, 2.05) is 12.3 Å². The fourth-order valence-electron chi connectivity index (χ4n) is 1.44. The van der Waals surface area contributed by atoms with Crippen LogP contribution in [0.2, 0.25) is 5.02 Å². The van der Waals surface area contributed by atoms with Crippen molar-refractivity contribution in [2.24, 2.45) is 0 Å². The summed E-state index contributed by atoms with van der Waals surface area (Å²) in [5.41, 5.74) is 0.971. The molecule has 0 aromatic carbocycles. The van der Waals surface area contributed by atoms with Crippen LogP contribution < -0.4 is 5.32 Å². The average molecular weight is 339 g/mol. The standard InChI is InChI=1S/C12H17BrClNOS/c1-9-8-17-11(10(9)14)12(16)15-7-5-3-2-4-6-13/h8H,2-7H2,1H3,(H,15,16). The Balaban J connectivity index is 2.24. The summed E-state index contributed by atoms with van der Waals surface area (Å²) in [6.45, 7) is 2.64. The maximum atomic E-state index is 11.8. The summed E-state index contributed by atoms with van der Waals surface area (Å²) in [6, 6.07) is 0. The maximum absolute atomic E-state index is 11.8. The van der Waals surface area contributed by atoms with E-state index < -0.39 is 0 Å². The van der Waals surface area contributed by atoms with E-state index in [9.17, 15) is 4.79 Å². The molecule has 0 aliphatic carbocycles. The maximum Gasteiger partial charge on any atom is 0.262 e. The minimum atomic E-state index is -0.0476. The summed E-state index contributed by atoms with van der Waals surface area (Å²) in [5, 5.41) is 6.46. The van der Waals surface area contributed by atoms with Gasteiger partial charge in [0.1, 0.15) is 4.88 Å². The number of carbonyl (C=O) groups excluding carboxylic acids is 1. The molecule has 0 aliphatic rings. The molecular formula is C12H17BrClNOS. The van der Waals surface area contributed by atoms with E-state index in [-0.39, 0.29) is 5.91 Å². The van der Waals surface area contributed by atoms with Crippen LogP contribution >= 0.6 is 38.9 Å². The van der Waals surface area contributed by atoms with Gasteiger partial charge in [-0.2, -0.15) is 0 Å². The molecule has 0 atom stereocenters. The van der Waals surface area contributed by atoms with Gasteiger partial charge in [-0.25, -0.2) is 0 Å². The minimum absolute atomic E-state index is 0.0476. The largest absolute Gasteiger partial charge is 0.351 e. The Labute approximate surface area is 120 Å². The van der Waals surface area contributed by atoms with Crippen LogP contribution in [-0.4, -0.2) is 17.8 Å². The van der Waals surface area contributed by atoms with Crippen LogP contribution in [0.1, 0.15) is 40.9 Å². The highest BCUT2D eigenvalue weighted by Crippen LogP contribution is 2.26. The molecule has 0 unspecified atom stereocenters. The van der Waals surface area contributed by atoms with Gasteiger partial charge in [-0.1, -0.05) is 40.4 Å². The Morgan fingerprint density at radius 2 is 2.12 bits per heavy atom. The number of aryl methyl sites for hydroxylation is 1. The third-order valence-electron chi connectivity index (χ3n) is 2.45. The first kappa shape index (κ1) is 15.0.